The van der Waals surface area contributed by atoms with Gasteiger partial charge < -0.3 is 5.32 Å². The first kappa shape index (κ1) is 13.3. The number of hydrogen-bond donors (Lipinski definition) is 1. The van der Waals surface area contributed by atoms with Crippen LogP contribution in [0.3, 0.4) is 0 Å². The molecule has 2 aromatic heterocycles. The summed E-state index contributed by atoms with van der Waals surface area (Å²) in [5, 5.41) is 10.9. The maximum absolute atomic E-state index is 12.4. The van der Waals surface area contributed by atoms with Crippen LogP contribution in [0, 0.1) is 20.8 Å². The monoisotopic (exact) mass is 280 g/mol. The Bertz CT molecular complexity index is 835. The van der Waals surface area contributed by atoms with E-state index in [1.165, 1.54) is 5.56 Å². The van der Waals surface area contributed by atoms with Gasteiger partial charge in [-0.3, -0.25) is 9.20 Å². The van der Waals surface area contributed by atoms with Gasteiger partial charge in [-0.05, 0) is 44.5 Å². The molecule has 5 heteroatoms. The molecular formula is C16H16N4O. The highest BCUT2D eigenvalue weighted by molar-refractivity contribution is 6.04. The van der Waals surface area contributed by atoms with Gasteiger partial charge in [-0.25, -0.2) is 0 Å². The fourth-order valence-corrected chi connectivity index (χ4v) is 2.29. The van der Waals surface area contributed by atoms with Gasteiger partial charge in [-0.1, -0.05) is 17.7 Å². The van der Waals surface area contributed by atoms with Crippen molar-refractivity contribution in [3.63, 3.8) is 0 Å². The van der Waals surface area contributed by atoms with Crippen LogP contribution in [-0.2, 0) is 0 Å². The number of nitrogens with zero attached hydrogens (tertiary/aromatic N) is 3. The number of benzene rings is 1. The summed E-state index contributed by atoms with van der Waals surface area (Å²) >= 11 is 0. The first-order valence-corrected chi connectivity index (χ1v) is 6.74. The summed E-state index contributed by atoms with van der Waals surface area (Å²) in [5.41, 5.74) is 4.35. The van der Waals surface area contributed by atoms with Crippen LogP contribution in [0.1, 0.15) is 27.3 Å². The van der Waals surface area contributed by atoms with Gasteiger partial charge >= 0.3 is 0 Å². The summed E-state index contributed by atoms with van der Waals surface area (Å²) in [6.45, 7) is 5.86. The maximum Gasteiger partial charge on any atom is 0.257 e. The number of fused-ring (bicyclic) bond motifs is 1. The van der Waals surface area contributed by atoms with Gasteiger partial charge in [-0.15, -0.1) is 10.2 Å². The minimum Gasteiger partial charge on any atom is -0.322 e. The van der Waals surface area contributed by atoms with Gasteiger partial charge in [0.25, 0.3) is 5.91 Å². The molecule has 2 heterocycles. The van der Waals surface area contributed by atoms with Crippen molar-refractivity contribution in [2.45, 2.75) is 20.8 Å². The van der Waals surface area contributed by atoms with Gasteiger partial charge in [0.05, 0.1) is 5.56 Å². The van der Waals surface area contributed by atoms with E-state index >= 15 is 0 Å². The summed E-state index contributed by atoms with van der Waals surface area (Å²) in [6, 6.07) is 9.49. The second kappa shape index (κ2) is 5.01. The highest BCUT2D eigenvalue weighted by Gasteiger charge is 2.10. The van der Waals surface area contributed by atoms with E-state index in [1.807, 2.05) is 39.0 Å². The number of hydrogen-bond acceptors (Lipinski definition) is 3. The lowest BCUT2D eigenvalue weighted by Crippen LogP contribution is -2.13. The molecule has 0 radical (unpaired) electrons. The Morgan fingerprint density at radius 2 is 1.90 bits per heavy atom. The lowest BCUT2D eigenvalue weighted by atomic mass is 10.1. The molecule has 0 unspecified atom stereocenters. The van der Waals surface area contributed by atoms with Crippen molar-refractivity contribution in [2.75, 3.05) is 5.32 Å². The van der Waals surface area contributed by atoms with Crippen molar-refractivity contribution >= 4 is 17.2 Å². The molecule has 0 spiro atoms. The SMILES string of the molecule is Cc1ccc(NC(=O)c2ccc3nnc(C)n3c2)c(C)c1. The topological polar surface area (TPSA) is 59.3 Å². The fourth-order valence-electron chi connectivity index (χ4n) is 2.29. The number of anilines is 1. The van der Waals surface area contributed by atoms with E-state index in [9.17, 15) is 4.79 Å². The second-order valence-electron chi connectivity index (χ2n) is 5.17. The van der Waals surface area contributed by atoms with E-state index in [0.29, 0.717) is 5.56 Å². The Hall–Kier alpha value is -2.69. The predicted octanol–water partition coefficient (Wildman–Crippen LogP) is 2.91. The van der Waals surface area contributed by atoms with Crippen LogP contribution in [0.5, 0.6) is 0 Å². The van der Waals surface area contributed by atoms with Gasteiger partial charge in [-0.2, -0.15) is 0 Å². The van der Waals surface area contributed by atoms with E-state index in [0.717, 1.165) is 22.7 Å². The van der Waals surface area contributed by atoms with Crippen LogP contribution in [0.25, 0.3) is 5.65 Å². The number of pyridine rings is 1. The van der Waals surface area contributed by atoms with E-state index in [2.05, 4.69) is 15.5 Å². The summed E-state index contributed by atoms with van der Waals surface area (Å²) in [6.07, 6.45) is 1.75. The smallest absolute Gasteiger partial charge is 0.257 e. The zero-order valence-corrected chi connectivity index (χ0v) is 12.2. The molecule has 0 aliphatic rings. The van der Waals surface area contributed by atoms with E-state index in [1.54, 1.807) is 22.7 Å². The molecular weight excluding hydrogens is 264 g/mol. The van der Waals surface area contributed by atoms with Crippen LogP contribution in [0.4, 0.5) is 5.69 Å². The minimum absolute atomic E-state index is 0.142. The number of carbonyl (C=O) groups is 1. The predicted molar refractivity (Wildman–Crippen MR) is 81.6 cm³/mol. The molecule has 5 nitrogen and oxygen atoms in total. The van der Waals surface area contributed by atoms with Crippen molar-refractivity contribution in [1.29, 1.82) is 0 Å². The highest BCUT2D eigenvalue weighted by atomic mass is 16.1. The van der Waals surface area contributed by atoms with Crippen LogP contribution < -0.4 is 5.32 Å². The molecule has 0 aliphatic heterocycles. The average Bonchev–Trinajstić information content (AvgIpc) is 2.83. The summed E-state index contributed by atoms with van der Waals surface area (Å²) in [4.78, 5) is 12.4. The Morgan fingerprint density at radius 1 is 1.10 bits per heavy atom. The Morgan fingerprint density at radius 3 is 2.67 bits per heavy atom. The summed E-state index contributed by atoms with van der Waals surface area (Å²) < 4.78 is 1.80. The molecule has 0 saturated heterocycles. The van der Waals surface area contributed by atoms with Crippen molar-refractivity contribution in [1.82, 2.24) is 14.6 Å². The Kier molecular flexibility index (Phi) is 3.17. The third-order valence-corrected chi connectivity index (χ3v) is 3.47. The first-order chi connectivity index (χ1) is 10.0. The van der Waals surface area contributed by atoms with E-state index in [4.69, 9.17) is 0 Å². The molecule has 21 heavy (non-hydrogen) atoms. The molecule has 3 rings (SSSR count). The van der Waals surface area contributed by atoms with Crippen molar-refractivity contribution in [3.8, 4) is 0 Å². The lowest BCUT2D eigenvalue weighted by molar-refractivity contribution is 0.102. The number of amides is 1. The standard InChI is InChI=1S/C16H16N4O/c1-10-4-6-14(11(2)8-10)17-16(21)13-5-7-15-19-18-12(3)20(15)9-13/h4-9H,1-3H3,(H,17,21). The van der Waals surface area contributed by atoms with Crippen LogP contribution >= 0.6 is 0 Å². The van der Waals surface area contributed by atoms with E-state index in [-0.39, 0.29) is 5.91 Å². The van der Waals surface area contributed by atoms with Gasteiger partial charge in [0.2, 0.25) is 0 Å². The fraction of sp³-hybridized carbons (Fsp3) is 0.188. The largest absolute Gasteiger partial charge is 0.322 e. The van der Waals surface area contributed by atoms with Crippen molar-refractivity contribution in [2.24, 2.45) is 0 Å². The van der Waals surface area contributed by atoms with Gasteiger partial charge in [0.15, 0.2) is 5.65 Å². The summed E-state index contributed by atoms with van der Waals surface area (Å²) in [5.74, 6) is 0.614. The molecule has 0 fully saturated rings. The quantitative estimate of drug-likeness (QED) is 0.785. The Balaban J connectivity index is 1.91. The van der Waals surface area contributed by atoms with Crippen LogP contribution in [-0.4, -0.2) is 20.5 Å². The first-order valence-electron chi connectivity index (χ1n) is 6.74. The molecule has 1 N–H and O–H groups in total. The van der Waals surface area contributed by atoms with Crippen LogP contribution in [0.2, 0.25) is 0 Å². The number of aryl methyl sites for hydroxylation is 3. The second-order valence-corrected chi connectivity index (χ2v) is 5.17. The molecule has 1 amide bonds. The zero-order valence-electron chi connectivity index (χ0n) is 12.2. The molecule has 106 valence electrons. The van der Waals surface area contributed by atoms with E-state index < -0.39 is 0 Å². The van der Waals surface area contributed by atoms with Crippen molar-refractivity contribution < 1.29 is 4.79 Å². The molecule has 0 atom stereocenters. The minimum atomic E-state index is -0.142. The third-order valence-electron chi connectivity index (χ3n) is 3.47. The lowest BCUT2D eigenvalue weighted by Gasteiger charge is -2.09. The molecule has 0 bridgehead atoms. The molecule has 0 saturated carbocycles. The zero-order chi connectivity index (χ0) is 15.0. The number of carbonyl (C=O) groups excluding carboxylic acids is 1. The highest BCUT2D eigenvalue weighted by Crippen LogP contribution is 2.17. The van der Waals surface area contributed by atoms with Gasteiger partial charge in [0, 0.05) is 11.9 Å². The average molecular weight is 280 g/mol. The molecule has 1 aromatic carbocycles. The van der Waals surface area contributed by atoms with Gasteiger partial charge in [0.1, 0.15) is 5.82 Å². The number of nitrogens with one attached hydrogen (secondary N) is 1. The van der Waals surface area contributed by atoms with Crippen molar-refractivity contribution in [3.05, 3.63) is 59.0 Å². The normalized spacial score (nSPS) is 10.8. The molecule has 3 aromatic rings. The Labute approximate surface area is 122 Å². The summed E-state index contributed by atoms with van der Waals surface area (Å²) in [7, 11) is 0. The number of rotatable bonds is 2. The number of aromatic nitrogens is 3. The third kappa shape index (κ3) is 2.50. The maximum atomic E-state index is 12.4. The molecule has 0 aliphatic carbocycles. The van der Waals surface area contributed by atoms with Crippen LogP contribution in [0.15, 0.2) is 36.5 Å².